The minimum Gasteiger partial charge on any atom is -0.397 e. The number of hydrogen-bond donors (Lipinski definition) is 2. The first-order chi connectivity index (χ1) is 8.86. The second-order valence-electron chi connectivity index (χ2n) is 4.17. The molecule has 2 rings (SSSR count). The lowest BCUT2D eigenvalue weighted by molar-refractivity contribution is -0.137. The van der Waals surface area contributed by atoms with E-state index in [1.807, 2.05) is 19.1 Å². The van der Waals surface area contributed by atoms with Gasteiger partial charge in [0.1, 0.15) is 0 Å². The van der Waals surface area contributed by atoms with E-state index in [2.05, 4.69) is 5.32 Å². The molecule has 3 N–H and O–H groups in total. The second kappa shape index (κ2) is 5.13. The Labute approximate surface area is 113 Å². The van der Waals surface area contributed by atoms with Crippen LogP contribution in [0.15, 0.2) is 30.3 Å². The number of anilines is 2. The smallest absolute Gasteiger partial charge is 0.397 e. The molecule has 0 radical (unpaired) electrons. The molecule has 1 heterocycles. The molecule has 6 heteroatoms. The van der Waals surface area contributed by atoms with E-state index in [1.54, 1.807) is 11.3 Å². The maximum atomic E-state index is 12.5. The summed E-state index contributed by atoms with van der Waals surface area (Å²) in [6.07, 6.45) is -4.36. The first kappa shape index (κ1) is 13.7. The second-order valence-corrected chi connectivity index (χ2v) is 5.54. The van der Waals surface area contributed by atoms with Crippen LogP contribution in [-0.4, -0.2) is 0 Å². The van der Waals surface area contributed by atoms with Gasteiger partial charge in [-0.3, -0.25) is 0 Å². The molecule has 1 aromatic heterocycles. The molecule has 1 aromatic carbocycles. The molecular weight excluding hydrogens is 273 g/mol. The third kappa shape index (κ3) is 3.41. The van der Waals surface area contributed by atoms with Crippen LogP contribution in [0.5, 0.6) is 0 Å². The fourth-order valence-electron chi connectivity index (χ4n) is 1.66. The average Bonchev–Trinajstić information content (AvgIpc) is 2.72. The number of rotatable bonds is 3. The third-order valence-corrected chi connectivity index (χ3v) is 3.63. The van der Waals surface area contributed by atoms with Crippen molar-refractivity contribution in [3.05, 3.63) is 45.6 Å². The van der Waals surface area contributed by atoms with E-state index in [9.17, 15) is 13.2 Å². The Morgan fingerprint density at radius 2 is 1.95 bits per heavy atom. The molecule has 0 saturated carbocycles. The molecule has 0 bridgehead atoms. The van der Waals surface area contributed by atoms with E-state index >= 15 is 0 Å². The van der Waals surface area contributed by atoms with Crippen molar-refractivity contribution in [1.29, 1.82) is 0 Å². The highest BCUT2D eigenvalue weighted by Gasteiger charge is 2.30. The van der Waals surface area contributed by atoms with Crippen molar-refractivity contribution in [3.63, 3.8) is 0 Å². The molecule has 102 valence electrons. The first-order valence-corrected chi connectivity index (χ1v) is 6.44. The Morgan fingerprint density at radius 1 is 1.21 bits per heavy atom. The Bertz CT molecular complexity index is 576. The fourth-order valence-corrected chi connectivity index (χ4v) is 2.49. The molecule has 0 aliphatic rings. The fraction of sp³-hybridized carbons (Fsp3) is 0.231. The Kier molecular flexibility index (Phi) is 3.71. The standard InChI is InChI=1S/C13H13F3N2S/c1-8-2-4-10(19-8)7-18-12-5-3-9(6-11(12)17)13(14,15)16/h2-6,18H,7,17H2,1H3. The van der Waals surface area contributed by atoms with E-state index in [0.717, 1.165) is 17.0 Å². The Morgan fingerprint density at radius 3 is 2.47 bits per heavy atom. The van der Waals surface area contributed by atoms with Crippen LogP contribution in [0.3, 0.4) is 0 Å². The zero-order chi connectivity index (χ0) is 14.0. The van der Waals surface area contributed by atoms with Crippen LogP contribution in [0.1, 0.15) is 15.3 Å². The van der Waals surface area contributed by atoms with E-state index in [4.69, 9.17) is 5.73 Å². The number of halogens is 3. The molecular formula is C13H13F3N2S. The molecule has 0 unspecified atom stereocenters. The summed E-state index contributed by atoms with van der Waals surface area (Å²) in [6.45, 7) is 2.55. The Balaban J connectivity index is 2.09. The zero-order valence-electron chi connectivity index (χ0n) is 10.2. The van der Waals surface area contributed by atoms with Crippen molar-refractivity contribution >= 4 is 22.7 Å². The lowest BCUT2D eigenvalue weighted by atomic mass is 10.1. The van der Waals surface area contributed by atoms with Gasteiger partial charge < -0.3 is 11.1 Å². The van der Waals surface area contributed by atoms with Gasteiger partial charge in [0.05, 0.1) is 16.9 Å². The van der Waals surface area contributed by atoms with Gasteiger partial charge in [0.2, 0.25) is 0 Å². The largest absolute Gasteiger partial charge is 0.416 e. The lowest BCUT2D eigenvalue weighted by Crippen LogP contribution is -2.07. The molecule has 19 heavy (non-hydrogen) atoms. The van der Waals surface area contributed by atoms with Gasteiger partial charge in [-0.25, -0.2) is 0 Å². The van der Waals surface area contributed by atoms with E-state index in [0.29, 0.717) is 12.2 Å². The van der Waals surface area contributed by atoms with Crippen LogP contribution >= 0.6 is 11.3 Å². The molecule has 0 atom stereocenters. The van der Waals surface area contributed by atoms with Crippen LogP contribution in [0.2, 0.25) is 0 Å². The maximum absolute atomic E-state index is 12.5. The van der Waals surface area contributed by atoms with Crippen LogP contribution in [0.4, 0.5) is 24.5 Å². The third-order valence-electron chi connectivity index (χ3n) is 2.63. The highest BCUT2D eigenvalue weighted by molar-refractivity contribution is 7.11. The van der Waals surface area contributed by atoms with Gasteiger partial charge in [0.25, 0.3) is 0 Å². The van der Waals surface area contributed by atoms with Crippen LogP contribution in [0.25, 0.3) is 0 Å². The summed E-state index contributed by atoms with van der Waals surface area (Å²) in [5.74, 6) is 0. The van der Waals surface area contributed by atoms with Gasteiger partial charge in [-0.1, -0.05) is 0 Å². The molecule has 0 fully saturated rings. The van der Waals surface area contributed by atoms with Gasteiger partial charge in [-0.05, 0) is 37.3 Å². The number of aryl methyl sites for hydroxylation is 1. The number of nitrogen functional groups attached to an aromatic ring is 1. The van der Waals surface area contributed by atoms with Crippen molar-refractivity contribution in [1.82, 2.24) is 0 Å². The number of benzene rings is 1. The SMILES string of the molecule is Cc1ccc(CNc2ccc(C(F)(F)F)cc2N)s1. The summed E-state index contributed by atoms with van der Waals surface area (Å²) in [4.78, 5) is 2.30. The molecule has 2 nitrogen and oxygen atoms in total. The quantitative estimate of drug-likeness (QED) is 0.827. The average molecular weight is 286 g/mol. The van der Waals surface area contributed by atoms with Crippen molar-refractivity contribution in [2.45, 2.75) is 19.6 Å². The topological polar surface area (TPSA) is 38.0 Å². The summed E-state index contributed by atoms with van der Waals surface area (Å²) in [6, 6.07) is 7.31. The molecule has 0 amide bonds. The highest BCUT2D eigenvalue weighted by Crippen LogP contribution is 2.33. The minimum atomic E-state index is -4.36. The van der Waals surface area contributed by atoms with Gasteiger partial charge in [0.15, 0.2) is 0 Å². The normalized spacial score (nSPS) is 11.6. The van der Waals surface area contributed by atoms with E-state index in [1.165, 1.54) is 10.9 Å². The summed E-state index contributed by atoms with van der Waals surface area (Å²) in [5.41, 5.74) is 5.51. The summed E-state index contributed by atoms with van der Waals surface area (Å²) in [7, 11) is 0. The predicted molar refractivity (Wildman–Crippen MR) is 72.2 cm³/mol. The zero-order valence-corrected chi connectivity index (χ0v) is 11.0. The summed E-state index contributed by atoms with van der Waals surface area (Å²) in [5, 5.41) is 3.04. The van der Waals surface area contributed by atoms with E-state index < -0.39 is 11.7 Å². The maximum Gasteiger partial charge on any atom is 0.416 e. The summed E-state index contributed by atoms with van der Waals surface area (Å²) < 4.78 is 37.4. The number of thiophene rings is 1. The van der Waals surface area contributed by atoms with Crippen LogP contribution < -0.4 is 11.1 Å². The van der Waals surface area contributed by atoms with Crippen LogP contribution in [0, 0.1) is 6.92 Å². The minimum absolute atomic E-state index is 0.100. The van der Waals surface area contributed by atoms with Crippen molar-refractivity contribution in [2.75, 3.05) is 11.1 Å². The van der Waals surface area contributed by atoms with Crippen molar-refractivity contribution in [3.8, 4) is 0 Å². The number of alkyl halides is 3. The van der Waals surface area contributed by atoms with Gasteiger partial charge in [0, 0.05) is 16.3 Å². The first-order valence-electron chi connectivity index (χ1n) is 5.62. The van der Waals surface area contributed by atoms with Crippen LogP contribution in [-0.2, 0) is 12.7 Å². The van der Waals surface area contributed by atoms with E-state index in [-0.39, 0.29) is 5.69 Å². The predicted octanol–water partition coefficient (Wildman–Crippen LogP) is 4.27. The molecule has 0 saturated heterocycles. The monoisotopic (exact) mass is 286 g/mol. The number of nitrogens with one attached hydrogen (secondary N) is 1. The molecule has 2 aromatic rings. The summed E-state index contributed by atoms with van der Waals surface area (Å²) >= 11 is 1.64. The highest BCUT2D eigenvalue weighted by atomic mass is 32.1. The van der Waals surface area contributed by atoms with Gasteiger partial charge in [-0.15, -0.1) is 11.3 Å². The van der Waals surface area contributed by atoms with Gasteiger partial charge in [-0.2, -0.15) is 13.2 Å². The molecule has 0 spiro atoms. The van der Waals surface area contributed by atoms with Crippen molar-refractivity contribution in [2.24, 2.45) is 0 Å². The Hall–Kier alpha value is -1.69. The molecule has 0 aliphatic carbocycles. The lowest BCUT2D eigenvalue weighted by Gasteiger charge is -2.12. The van der Waals surface area contributed by atoms with Gasteiger partial charge >= 0.3 is 6.18 Å². The number of nitrogens with two attached hydrogens (primary N) is 1. The molecule has 0 aliphatic heterocycles. The number of hydrogen-bond acceptors (Lipinski definition) is 3. The van der Waals surface area contributed by atoms with Crippen molar-refractivity contribution < 1.29 is 13.2 Å².